The van der Waals surface area contributed by atoms with Gasteiger partial charge in [0, 0.05) is 24.4 Å². The second-order valence-electron chi connectivity index (χ2n) is 7.02. The van der Waals surface area contributed by atoms with Gasteiger partial charge in [-0.1, -0.05) is 29.8 Å². The van der Waals surface area contributed by atoms with Crippen molar-refractivity contribution < 1.29 is 19.0 Å². The summed E-state index contributed by atoms with van der Waals surface area (Å²) in [6, 6.07) is 11.8. The second-order valence-corrected chi connectivity index (χ2v) is 7.02. The van der Waals surface area contributed by atoms with E-state index in [-0.39, 0.29) is 11.9 Å². The monoisotopic (exact) mass is 384 g/mol. The highest BCUT2D eigenvalue weighted by molar-refractivity contribution is 5.95. The molecule has 0 spiro atoms. The highest BCUT2D eigenvalue weighted by Crippen LogP contribution is 2.40. The topological polar surface area (TPSA) is 60.0 Å². The Morgan fingerprint density at radius 3 is 2.43 bits per heavy atom. The van der Waals surface area contributed by atoms with E-state index in [0.717, 1.165) is 25.9 Å². The van der Waals surface area contributed by atoms with Crippen LogP contribution in [0.2, 0.25) is 0 Å². The lowest BCUT2D eigenvalue weighted by Gasteiger charge is -2.24. The number of carbonyl (C=O) groups is 1. The molecule has 28 heavy (non-hydrogen) atoms. The largest absolute Gasteiger partial charge is 0.493 e. The van der Waals surface area contributed by atoms with Crippen molar-refractivity contribution in [1.82, 2.24) is 4.90 Å². The van der Waals surface area contributed by atoms with Gasteiger partial charge in [0.05, 0.1) is 27.4 Å². The molecular weight excluding hydrogens is 356 g/mol. The van der Waals surface area contributed by atoms with Crippen molar-refractivity contribution in [2.24, 2.45) is 0 Å². The van der Waals surface area contributed by atoms with Gasteiger partial charge in [-0.15, -0.1) is 0 Å². The number of hydrogen-bond acceptors (Lipinski definition) is 5. The van der Waals surface area contributed by atoms with Crippen molar-refractivity contribution in [3.05, 3.63) is 47.5 Å². The first-order chi connectivity index (χ1) is 13.5. The lowest BCUT2D eigenvalue weighted by molar-refractivity contribution is -0.120. The number of amides is 1. The van der Waals surface area contributed by atoms with Gasteiger partial charge < -0.3 is 19.5 Å². The van der Waals surface area contributed by atoms with Gasteiger partial charge in [0.2, 0.25) is 11.7 Å². The van der Waals surface area contributed by atoms with Crippen molar-refractivity contribution in [2.75, 3.05) is 33.2 Å². The molecule has 6 heteroatoms. The average molecular weight is 384 g/mol. The molecular formula is C22H28N2O4. The smallest absolute Gasteiger partial charge is 0.241 e. The molecule has 0 bridgehead atoms. The third-order valence-corrected chi connectivity index (χ3v) is 5.07. The molecule has 1 fully saturated rings. The van der Waals surface area contributed by atoms with Crippen LogP contribution in [0.15, 0.2) is 36.4 Å². The summed E-state index contributed by atoms with van der Waals surface area (Å²) in [5.41, 5.74) is 3.09. The van der Waals surface area contributed by atoms with Gasteiger partial charge in [-0.05, 0) is 31.9 Å². The SMILES string of the molecule is COc1cc(NC(=O)C2CCCN2Cc2cccc(C)c2)cc(OC)c1OC. The molecule has 2 aromatic carbocycles. The summed E-state index contributed by atoms with van der Waals surface area (Å²) in [6.45, 7) is 3.78. The summed E-state index contributed by atoms with van der Waals surface area (Å²) in [7, 11) is 4.67. The van der Waals surface area contributed by atoms with Crippen LogP contribution in [0.1, 0.15) is 24.0 Å². The summed E-state index contributed by atoms with van der Waals surface area (Å²) >= 11 is 0. The Labute approximate surface area is 166 Å². The van der Waals surface area contributed by atoms with Crippen molar-refractivity contribution in [3.8, 4) is 17.2 Å². The predicted molar refractivity (Wildman–Crippen MR) is 109 cm³/mol. The molecule has 3 rings (SSSR count). The molecule has 1 unspecified atom stereocenters. The first-order valence-corrected chi connectivity index (χ1v) is 9.46. The normalized spacial score (nSPS) is 16.6. The van der Waals surface area contributed by atoms with Crippen molar-refractivity contribution >= 4 is 11.6 Å². The highest BCUT2D eigenvalue weighted by Gasteiger charge is 2.31. The fraction of sp³-hybridized carbons (Fsp3) is 0.409. The van der Waals surface area contributed by atoms with Gasteiger partial charge in [-0.3, -0.25) is 9.69 Å². The summed E-state index contributed by atoms with van der Waals surface area (Å²) in [6.07, 6.45) is 1.86. The zero-order chi connectivity index (χ0) is 20.1. The number of aryl methyl sites for hydroxylation is 1. The number of anilines is 1. The lowest BCUT2D eigenvalue weighted by atomic mass is 10.1. The van der Waals surface area contributed by atoms with E-state index in [2.05, 4.69) is 41.4 Å². The molecule has 1 saturated heterocycles. The van der Waals surface area contributed by atoms with Crippen LogP contribution in [0, 0.1) is 6.92 Å². The molecule has 1 N–H and O–H groups in total. The summed E-state index contributed by atoms with van der Waals surface area (Å²) in [4.78, 5) is 15.2. The molecule has 1 aliphatic heterocycles. The average Bonchev–Trinajstić information content (AvgIpc) is 3.15. The molecule has 2 aromatic rings. The Hall–Kier alpha value is -2.73. The number of hydrogen-bond donors (Lipinski definition) is 1. The van der Waals surface area contributed by atoms with Crippen LogP contribution in [0.4, 0.5) is 5.69 Å². The maximum Gasteiger partial charge on any atom is 0.241 e. The molecule has 1 atom stereocenters. The predicted octanol–water partition coefficient (Wildman–Crippen LogP) is 3.62. The van der Waals surface area contributed by atoms with Crippen LogP contribution in [-0.4, -0.2) is 44.7 Å². The first kappa shape index (κ1) is 20.0. The Kier molecular flexibility index (Phi) is 6.41. The number of methoxy groups -OCH3 is 3. The van der Waals surface area contributed by atoms with Crippen LogP contribution in [-0.2, 0) is 11.3 Å². The maximum atomic E-state index is 13.0. The first-order valence-electron chi connectivity index (χ1n) is 9.46. The minimum absolute atomic E-state index is 0.0144. The number of likely N-dealkylation sites (tertiary alicyclic amines) is 1. The Morgan fingerprint density at radius 1 is 1.11 bits per heavy atom. The van der Waals surface area contributed by atoms with Crippen LogP contribution >= 0.6 is 0 Å². The number of benzene rings is 2. The Balaban J connectivity index is 1.74. The molecule has 1 heterocycles. The fourth-order valence-corrected chi connectivity index (χ4v) is 3.74. The standard InChI is InChI=1S/C22H28N2O4/c1-15-7-5-8-16(11-15)14-24-10-6-9-18(24)22(25)23-17-12-19(26-2)21(28-4)20(13-17)27-3/h5,7-8,11-13,18H,6,9-10,14H2,1-4H3,(H,23,25). The van der Waals surface area contributed by atoms with E-state index in [1.807, 2.05) is 0 Å². The molecule has 6 nitrogen and oxygen atoms in total. The molecule has 0 radical (unpaired) electrons. The highest BCUT2D eigenvalue weighted by atomic mass is 16.5. The molecule has 0 saturated carbocycles. The van der Waals surface area contributed by atoms with Gasteiger partial charge in [0.15, 0.2) is 11.5 Å². The van der Waals surface area contributed by atoms with Crippen LogP contribution in [0.25, 0.3) is 0 Å². The van der Waals surface area contributed by atoms with Crippen molar-refractivity contribution in [1.29, 1.82) is 0 Å². The van der Waals surface area contributed by atoms with E-state index in [0.29, 0.717) is 22.9 Å². The lowest BCUT2D eigenvalue weighted by Crippen LogP contribution is -2.39. The Bertz CT molecular complexity index is 812. The minimum Gasteiger partial charge on any atom is -0.493 e. The molecule has 150 valence electrons. The minimum atomic E-state index is -0.153. The third-order valence-electron chi connectivity index (χ3n) is 5.07. The van der Waals surface area contributed by atoms with Gasteiger partial charge in [0.1, 0.15) is 0 Å². The van der Waals surface area contributed by atoms with E-state index in [4.69, 9.17) is 14.2 Å². The summed E-state index contributed by atoms with van der Waals surface area (Å²) < 4.78 is 16.1. The number of nitrogens with zero attached hydrogens (tertiary/aromatic N) is 1. The maximum absolute atomic E-state index is 13.0. The van der Waals surface area contributed by atoms with E-state index in [9.17, 15) is 4.79 Å². The summed E-state index contributed by atoms with van der Waals surface area (Å²) in [5.74, 6) is 1.52. The van der Waals surface area contributed by atoms with Crippen LogP contribution in [0.5, 0.6) is 17.2 Å². The number of carbonyl (C=O) groups excluding carboxylic acids is 1. The van der Waals surface area contributed by atoms with Crippen LogP contribution in [0.3, 0.4) is 0 Å². The number of nitrogens with one attached hydrogen (secondary N) is 1. The van der Waals surface area contributed by atoms with E-state index in [1.54, 1.807) is 33.5 Å². The van der Waals surface area contributed by atoms with E-state index >= 15 is 0 Å². The number of ether oxygens (including phenoxy) is 3. The third kappa shape index (κ3) is 4.39. The molecule has 0 aromatic heterocycles. The van der Waals surface area contributed by atoms with E-state index in [1.165, 1.54) is 11.1 Å². The molecule has 1 aliphatic rings. The summed E-state index contributed by atoms with van der Waals surface area (Å²) in [5, 5.41) is 3.02. The zero-order valence-corrected chi connectivity index (χ0v) is 17.0. The molecule has 1 amide bonds. The van der Waals surface area contributed by atoms with Gasteiger partial charge >= 0.3 is 0 Å². The van der Waals surface area contributed by atoms with Gasteiger partial charge in [0.25, 0.3) is 0 Å². The Morgan fingerprint density at radius 2 is 1.82 bits per heavy atom. The van der Waals surface area contributed by atoms with Crippen molar-refractivity contribution in [3.63, 3.8) is 0 Å². The second kappa shape index (κ2) is 8.97. The molecule has 0 aliphatic carbocycles. The number of rotatable bonds is 7. The van der Waals surface area contributed by atoms with Gasteiger partial charge in [-0.25, -0.2) is 0 Å². The fourth-order valence-electron chi connectivity index (χ4n) is 3.74. The van der Waals surface area contributed by atoms with Crippen molar-refractivity contribution in [2.45, 2.75) is 32.4 Å². The van der Waals surface area contributed by atoms with Gasteiger partial charge in [-0.2, -0.15) is 0 Å². The van der Waals surface area contributed by atoms with Crippen LogP contribution < -0.4 is 19.5 Å². The quantitative estimate of drug-likeness (QED) is 0.790. The zero-order valence-electron chi connectivity index (χ0n) is 17.0. The van der Waals surface area contributed by atoms with E-state index < -0.39 is 0 Å².